The van der Waals surface area contributed by atoms with Gasteiger partial charge in [-0.25, -0.2) is 0 Å². The van der Waals surface area contributed by atoms with E-state index < -0.39 is 84.2 Å². The molecule has 1 N–H and O–H groups in total. The van der Waals surface area contributed by atoms with Gasteiger partial charge in [-0.2, -0.15) is 0 Å². The summed E-state index contributed by atoms with van der Waals surface area (Å²) in [4.78, 5) is 27.5. The number of esters is 2. The van der Waals surface area contributed by atoms with Crippen molar-refractivity contribution in [1.82, 2.24) is 0 Å². The minimum Gasteiger partial charge on any atom is -0.462 e. The minimum atomic E-state index is -1.35. The maximum Gasteiger partial charge on any atom is 0.311 e. The highest BCUT2D eigenvalue weighted by atomic mass is 16.8. The smallest absolute Gasteiger partial charge is 0.311 e. The van der Waals surface area contributed by atoms with Crippen LogP contribution in [-0.2, 0) is 90.0 Å². The molecule has 5 aromatic carbocycles. The van der Waals surface area contributed by atoms with Crippen molar-refractivity contribution in [2.45, 2.75) is 136 Å². The van der Waals surface area contributed by atoms with Gasteiger partial charge in [-0.3, -0.25) is 9.59 Å². The van der Waals surface area contributed by atoms with Crippen LogP contribution < -0.4 is 0 Å². The molecular weight excluding hydrogens is 893 g/mol. The molecule has 0 aliphatic carbocycles. The van der Waals surface area contributed by atoms with Crippen LogP contribution in [0.3, 0.4) is 0 Å². The molecular formula is C57H68O13. The fourth-order valence-electron chi connectivity index (χ4n) is 7.90. The van der Waals surface area contributed by atoms with Crippen molar-refractivity contribution < 1.29 is 62.1 Å². The second-order valence-corrected chi connectivity index (χ2v) is 19.7. The molecule has 2 aliphatic rings. The highest BCUT2D eigenvalue weighted by Crippen LogP contribution is 2.37. The first-order valence-corrected chi connectivity index (χ1v) is 24.0. The SMILES string of the molecule is CC(C)(C)C(=O)OC[C@H]1O[C@@H](OCc2ccccc2)[C@H](OC(=O)C(C)(C)C)[C@@H](OCc2ccccc2)[C@@H]1O[C@@H]1O[C@H](COCc2ccccc2)[C@H](OCc2ccccc2)[C@H](O)[C@H]1OCc1ccccc1. The Bertz CT molecular complexity index is 2300. The third-order valence-electron chi connectivity index (χ3n) is 11.9. The van der Waals surface area contributed by atoms with E-state index in [4.69, 9.17) is 47.4 Å². The molecule has 2 fully saturated rings. The molecule has 0 amide bonds. The van der Waals surface area contributed by atoms with Crippen LogP contribution >= 0.6 is 0 Å². The maximum atomic E-state index is 14.0. The van der Waals surface area contributed by atoms with Crippen LogP contribution in [0.25, 0.3) is 0 Å². The van der Waals surface area contributed by atoms with Gasteiger partial charge in [0.15, 0.2) is 18.7 Å². The van der Waals surface area contributed by atoms with Crippen molar-refractivity contribution in [3.8, 4) is 0 Å². The molecule has 7 rings (SSSR count). The monoisotopic (exact) mass is 960 g/mol. The summed E-state index contributed by atoms with van der Waals surface area (Å²) in [7, 11) is 0. The third-order valence-corrected chi connectivity index (χ3v) is 11.9. The number of hydrogen-bond acceptors (Lipinski definition) is 13. The number of hydrogen-bond donors (Lipinski definition) is 1. The van der Waals surface area contributed by atoms with E-state index in [1.54, 1.807) is 41.5 Å². The average Bonchev–Trinajstić information content (AvgIpc) is 3.36. The Morgan fingerprint density at radius 1 is 0.443 bits per heavy atom. The largest absolute Gasteiger partial charge is 0.462 e. The zero-order chi connectivity index (χ0) is 49.5. The van der Waals surface area contributed by atoms with Gasteiger partial charge in [-0.1, -0.05) is 152 Å². The van der Waals surface area contributed by atoms with Crippen LogP contribution in [-0.4, -0.2) is 91.7 Å². The Kier molecular flexibility index (Phi) is 18.9. The quantitative estimate of drug-likeness (QED) is 0.0699. The van der Waals surface area contributed by atoms with E-state index in [2.05, 4.69) is 0 Å². The van der Waals surface area contributed by atoms with Gasteiger partial charge in [0.05, 0.1) is 50.5 Å². The van der Waals surface area contributed by atoms with Gasteiger partial charge >= 0.3 is 11.9 Å². The predicted molar refractivity (Wildman–Crippen MR) is 260 cm³/mol. The first kappa shape index (κ1) is 52.5. The summed E-state index contributed by atoms with van der Waals surface area (Å²) in [6.45, 7) is 10.9. The fourth-order valence-corrected chi connectivity index (χ4v) is 7.90. The molecule has 0 radical (unpaired) electrons. The standard InChI is InChI=1S/C57H68O13/c1-56(2,3)54(59)66-38-45-48(50(64-35-42-28-18-10-19-29-42)51(70-55(60)57(4,5)6)52(67-45)65-36-43-30-20-11-21-31-43)69-53-49(63-34-41-26-16-9-17-27-41)46(58)47(62-33-40-24-14-8-15-25-40)44(68-53)37-61-32-39-22-12-7-13-23-39/h7-31,44-53,58H,32-38H2,1-6H3/t44-,45-,46+,47+,48-,49-,50+,51-,52-,53+/m1/s1. The molecule has 5 aromatic rings. The summed E-state index contributed by atoms with van der Waals surface area (Å²) in [6, 6.07) is 48.0. The van der Waals surface area contributed by atoms with Gasteiger partial charge in [0.25, 0.3) is 0 Å². The molecule has 0 aromatic heterocycles. The summed E-state index contributed by atoms with van der Waals surface area (Å²) in [5.74, 6) is -1.02. The van der Waals surface area contributed by atoms with Crippen molar-refractivity contribution in [1.29, 1.82) is 0 Å². The van der Waals surface area contributed by atoms with Crippen LogP contribution in [0, 0.1) is 10.8 Å². The average molecular weight is 961 g/mol. The van der Waals surface area contributed by atoms with E-state index in [0.717, 1.165) is 27.8 Å². The maximum absolute atomic E-state index is 14.0. The molecule has 2 heterocycles. The third kappa shape index (κ3) is 15.1. The first-order valence-electron chi connectivity index (χ1n) is 24.0. The van der Waals surface area contributed by atoms with E-state index in [1.165, 1.54) is 0 Å². The van der Waals surface area contributed by atoms with Gasteiger partial charge in [-0.05, 0) is 69.4 Å². The number of carbonyl (C=O) groups excluding carboxylic acids is 2. The Labute approximate surface area is 412 Å². The molecule has 10 atom stereocenters. The van der Waals surface area contributed by atoms with E-state index in [1.807, 2.05) is 152 Å². The Hall–Kier alpha value is -5.32. The zero-order valence-electron chi connectivity index (χ0n) is 41.0. The van der Waals surface area contributed by atoms with Crippen molar-refractivity contribution in [2.75, 3.05) is 13.2 Å². The number of aliphatic hydroxyl groups excluding tert-OH is 1. The van der Waals surface area contributed by atoms with Gasteiger partial charge in [0.2, 0.25) is 0 Å². The predicted octanol–water partition coefficient (Wildman–Crippen LogP) is 8.92. The van der Waals surface area contributed by atoms with Crippen molar-refractivity contribution in [2.24, 2.45) is 10.8 Å². The van der Waals surface area contributed by atoms with Gasteiger partial charge in [0, 0.05) is 0 Å². The molecule has 0 unspecified atom stereocenters. The highest BCUT2D eigenvalue weighted by Gasteiger charge is 2.55. The number of ether oxygens (including phenoxy) is 10. The Balaban J connectivity index is 1.29. The summed E-state index contributed by atoms with van der Waals surface area (Å²) in [5, 5.41) is 12.6. The molecule has 0 spiro atoms. The topological polar surface area (TPSA) is 147 Å². The normalized spacial score (nSPS) is 25.0. The molecule has 2 saturated heterocycles. The molecule has 13 nitrogen and oxygen atoms in total. The highest BCUT2D eigenvalue weighted by molar-refractivity contribution is 5.76. The number of carbonyl (C=O) groups is 2. The molecule has 374 valence electrons. The van der Waals surface area contributed by atoms with Crippen LogP contribution in [0.4, 0.5) is 0 Å². The second-order valence-electron chi connectivity index (χ2n) is 19.7. The minimum absolute atomic E-state index is 0.000374. The number of aliphatic hydroxyl groups is 1. The molecule has 13 heteroatoms. The summed E-state index contributed by atoms with van der Waals surface area (Å²) in [6.07, 6.45) is -11.6. The van der Waals surface area contributed by atoms with Crippen LogP contribution in [0.15, 0.2) is 152 Å². The number of benzene rings is 5. The van der Waals surface area contributed by atoms with Gasteiger partial charge < -0.3 is 52.5 Å². The van der Waals surface area contributed by atoms with Gasteiger partial charge in [-0.15, -0.1) is 0 Å². The van der Waals surface area contributed by atoms with E-state index in [9.17, 15) is 14.7 Å². The first-order chi connectivity index (χ1) is 33.7. The van der Waals surface area contributed by atoms with Crippen molar-refractivity contribution in [3.05, 3.63) is 179 Å². The molecule has 2 aliphatic heterocycles. The van der Waals surface area contributed by atoms with E-state index >= 15 is 0 Å². The zero-order valence-corrected chi connectivity index (χ0v) is 41.0. The summed E-state index contributed by atoms with van der Waals surface area (Å²) < 4.78 is 66.1. The molecule has 70 heavy (non-hydrogen) atoms. The van der Waals surface area contributed by atoms with Gasteiger partial charge in [0.1, 0.15) is 49.3 Å². The van der Waals surface area contributed by atoms with Crippen LogP contribution in [0.2, 0.25) is 0 Å². The fraction of sp³-hybridized carbons (Fsp3) is 0.439. The van der Waals surface area contributed by atoms with Crippen molar-refractivity contribution >= 4 is 11.9 Å². The van der Waals surface area contributed by atoms with E-state index in [-0.39, 0.29) is 46.2 Å². The summed E-state index contributed by atoms with van der Waals surface area (Å²) in [5.41, 5.74) is 2.54. The van der Waals surface area contributed by atoms with Crippen LogP contribution in [0.5, 0.6) is 0 Å². The Morgan fingerprint density at radius 2 is 0.829 bits per heavy atom. The summed E-state index contributed by atoms with van der Waals surface area (Å²) >= 11 is 0. The Morgan fingerprint density at radius 3 is 1.29 bits per heavy atom. The lowest BCUT2D eigenvalue weighted by atomic mass is 9.94. The molecule has 0 saturated carbocycles. The lowest BCUT2D eigenvalue weighted by Crippen LogP contribution is -2.66. The lowest BCUT2D eigenvalue weighted by molar-refractivity contribution is -0.372. The number of rotatable bonds is 21. The van der Waals surface area contributed by atoms with Crippen LogP contribution in [0.1, 0.15) is 69.4 Å². The lowest BCUT2D eigenvalue weighted by Gasteiger charge is -2.49. The van der Waals surface area contributed by atoms with Crippen molar-refractivity contribution in [3.63, 3.8) is 0 Å². The molecule has 0 bridgehead atoms. The second kappa shape index (κ2) is 25.2. The van der Waals surface area contributed by atoms with E-state index in [0.29, 0.717) is 0 Å².